The Morgan fingerprint density at radius 2 is 1.79 bits per heavy atom. The molecule has 0 aromatic heterocycles. The molecule has 0 amide bonds. The lowest BCUT2D eigenvalue weighted by molar-refractivity contribution is 0.157. The summed E-state index contributed by atoms with van der Waals surface area (Å²) in [6.07, 6.45) is 2.29. The van der Waals surface area contributed by atoms with Gasteiger partial charge >= 0.3 is 0 Å². The van der Waals surface area contributed by atoms with Crippen LogP contribution in [-0.4, -0.2) is 49.3 Å². The van der Waals surface area contributed by atoms with Crippen LogP contribution in [-0.2, 0) is 0 Å². The van der Waals surface area contributed by atoms with Crippen molar-refractivity contribution < 1.29 is 5.11 Å². The maximum Gasteiger partial charge on any atom is 0.122 e. The Morgan fingerprint density at radius 1 is 1.12 bits per heavy atom. The van der Waals surface area contributed by atoms with E-state index in [4.69, 9.17) is 0 Å². The van der Waals surface area contributed by atoms with E-state index in [9.17, 15) is 5.11 Å². The maximum atomic E-state index is 10.7. The summed E-state index contributed by atoms with van der Waals surface area (Å²) in [5.74, 6) is 1.14. The fourth-order valence-electron chi connectivity index (χ4n) is 3.62. The second-order valence-electron chi connectivity index (χ2n) is 7.19. The summed E-state index contributed by atoms with van der Waals surface area (Å²) in [5, 5.41) is 14.2. The van der Waals surface area contributed by atoms with Crippen molar-refractivity contribution in [2.75, 3.05) is 44.2 Å². The van der Waals surface area contributed by atoms with Gasteiger partial charge in [-0.1, -0.05) is 19.9 Å². The molecule has 0 saturated carbocycles. The van der Waals surface area contributed by atoms with Crippen LogP contribution in [0.4, 0.5) is 5.69 Å². The van der Waals surface area contributed by atoms with Crippen molar-refractivity contribution >= 4 is 5.69 Å². The molecule has 0 bridgehead atoms. The molecule has 1 atom stereocenters. The summed E-state index contributed by atoms with van der Waals surface area (Å²) in [6, 6.07) is 6.59. The number of nitrogens with zero attached hydrogens (tertiary/aromatic N) is 2. The van der Waals surface area contributed by atoms with Gasteiger partial charge in [0, 0.05) is 62.6 Å². The normalized spacial score (nSPS) is 17.2. The molecule has 2 N–H and O–H groups in total. The van der Waals surface area contributed by atoms with Crippen LogP contribution in [0, 0.1) is 5.92 Å². The standard InChI is InChI=1S/C20H35N3O/c1-5-22(6-2)17-8-9-18(20(24)15-17)19(10-7-16(3)4)23-13-11-21-12-14-23/h8-9,15-16,19,21,24H,5-7,10-14H2,1-4H3/t19-/m1/s1. The fourth-order valence-corrected chi connectivity index (χ4v) is 3.62. The van der Waals surface area contributed by atoms with Crippen LogP contribution in [0.25, 0.3) is 0 Å². The van der Waals surface area contributed by atoms with Crippen molar-refractivity contribution in [2.45, 2.75) is 46.6 Å². The lowest BCUT2D eigenvalue weighted by Gasteiger charge is -2.36. The number of rotatable bonds is 8. The lowest BCUT2D eigenvalue weighted by atomic mass is 9.94. The molecule has 1 aromatic rings. The molecule has 1 heterocycles. The highest BCUT2D eigenvalue weighted by Gasteiger charge is 2.24. The van der Waals surface area contributed by atoms with Crippen LogP contribution >= 0.6 is 0 Å². The van der Waals surface area contributed by atoms with E-state index in [2.05, 4.69) is 54.9 Å². The first-order chi connectivity index (χ1) is 11.6. The van der Waals surface area contributed by atoms with E-state index >= 15 is 0 Å². The van der Waals surface area contributed by atoms with E-state index in [1.165, 1.54) is 6.42 Å². The number of phenolic OH excluding ortho intramolecular Hbond substituents is 1. The molecular formula is C20H35N3O. The largest absolute Gasteiger partial charge is 0.508 e. The van der Waals surface area contributed by atoms with Gasteiger partial charge in [-0.2, -0.15) is 0 Å². The van der Waals surface area contributed by atoms with Crippen molar-refractivity contribution in [1.29, 1.82) is 0 Å². The van der Waals surface area contributed by atoms with Gasteiger partial charge < -0.3 is 15.3 Å². The zero-order chi connectivity index (χ0) is 17.5. The minimum Gasteiger partial charge on any atom is -0.508 e. The Morgan fingerprint density at radius 3 is 2.33 bits per heavy atom. The average molecular weight is 334 g/mol. The fraction of sp³-hybridized carbons (Fsp3) is 0.700. The van der Waals surface area contributed by atoms with E-state index in [0.29, 0.717) is 17.7 Å². The predicted molar refractivity (Wildman–Crippen MR) is 103 cm³/mol. The third-order valence-electron chi connectivity index (χ3n) is 5.11. The van der Waals surface area contributed by atoms with Crippen molar-refractivity contribution in [2.24, 2.45) is 5.92 Å². The van der Waals surface area contributed by atoms with Gasteiger partial charge in [0.2, 0.25) is 0 Å². The second kappa shape index (κ2) is 9.28. The SMILES string of the molecule is CCN(CC)c1ccc([C@@H](CCC(C)C)N2CCNCC2)c(O)c1. The molecule has 1 aliphatic heterocycles. The number of aromatic hydroxyl groups is 1. The molecule has 0 spiro atoms. The molecule has 0 radical (unpaired) electrons. The van der Waals surface area contributed by atoms with Gasteiger partial charge in [-0.3, -0.25) is 4.90 Å². The first-order valence-corrected chi connectivity index (χ1v) is 9.59. The van der Waals surface area contributed by atoms with Gasteiger partial charge in [0.05, 0.1) is 0 Å². The Balaban J connectivity index is 2.23. The van der Waals surface area contributed by atoms with E-state index in [-0.39, 0.29) is 0 Å². The van der Waals surface area contributed by atoms with E-state index in [1.54, 1.807) is 0 Å². The summed E-state index contributed by atoms with van der Waals surface area (Å²) >= 11 is 0. The van der Waals surface area contributed by atoms with E-state index in [0.717, 1.165) is 56.9 Å². The molecule has 1 saturated heterocycles. The van der Waals surface area contributed by atoms with Gasteiger partial charge in [0.25, 0.3) is 0 Å². The number of nitrogens with one attached hydrogen (secondary N) is 1. The summed E-state index contributed by atoms with van der Waals surface area (Å²) in [6.45, 7) is 15.0. The van der Waals surface area contributed by atoms with Crippen molar-refractivity contribution in [3.8, 4) is 5.75 Å². The highest BCUT2D eigenvalue weighted by Crippen LogP contribution is 2.35. The van der Waals surface area contributed by atoms with Gasteiger partial charge in [-0.05, 0) is 38.7 Å². The zero-order valence-electron chi connectivity index (χ0n) is 15.9. The van der Waals surface area contributed by atoms with Gasteiger partial charge in [-0.25, -0.2) is 0 Å². The highest BCUT2D eigenvalue weighted by atomic mass is 16.3. The maximum absolute atomic E-state index is 10.7. The third kappa shape index (κ3) is 4.87. The first-order valence-electron chi connectivity index (χ1n) is 9.59. The van der Waals surface area contributed by atoms with Crippen LogP contribution in [0.1, 0.15) is 52.1 Å². The molecule has 4 nitrogen and oxygen atoms in total. The minimum absolute atomic E-state index is 0.320. The van der Waals surface area contributed by atoms with Crippen LogP contribution in [0.5, 0.6) is 5.75 Å². The summed E-state index contributed by atoms with van der Waals surface area (Å²) in [7, 11) is 0. The molecule has 1 fully saturated rings. The molecule has 4 heteroatoms. The molecule has 1 aromatic carbocycles. The first kappa shape index (κ1) is 19.1. The smallest absolute Gasteiger partial charge is 0.122 e. The van der Waals surface area contributed by atoms with Crippen molar-refractivity contribution in [3.63, 3.8) is 0 Å². The number of phenols is 1. The van der Waals surface area contributed by atoms with Gasteiger partial charge in [0.15, 0.2) is 0 Å². The van der Waals surface area contributed by atoms with Gasteiger partial charge in [0.1, 0.15) is 5.75 Å². The Bertz CT molecular complexity index is 494. The van der Waals surface area contributed by atoms with Crippen LogP contribution < -0.4 is 10.2 Å². The lowest BCUT2D eigenvalue weighted by Crippen LogP contribution is -2.45. The third-order valence-corrected chi connectivity index (χ3v) is 5.11. The number of hydrogen-bond acceptors (Lipinski definition) is 4. The molecule has 136 valence electrons. The number of anilines is 1. The quantitative estimate of drug-likeness (QED) is 0.762. The summed E-state index contributed by atoms with van der Waals surface area (Å²) < 4.78 is 0. The summed E-state index contributed by atoms with van der Waals surface area (Å²) in [5.41, 5.74) is 2.21. The zero-order valence-corrected chi connectivity index (χ0v) is 15.9. The molecule has 2 rings (SSSR count). The Hall–Kier alpha value is -1.26. The van der Waals surface area contributed by atoms with E-state index in [1.807, 2.05) is 6.07 Å². The monoisotopic (exact) mass is 333 g/mol. The Labute approximate surface area is 147 Å². The predicted octanol–water partition coefficient (Wildman–Crippen LogP) is 3.62. The molecular weight excluding hydrogens is 298 g/mol. The second-order valence-corrected chi connectivity index (χ2v) is 7.19. The summed E-state index contributed by atoms with van der Waals surface area (Å²) in [4.78, 5) is 4.81. The van der Waals surface area contributed by atoms with Crippen LogP contribution in [0.15, 0.2) is 18.2 Å². The Kier molecular flexibility index (Phi) is 7.38. The number of piperazine rings is 1. The average Bonchev–Trinajstić information content (AvgIpc) is 2.58. The highest BCUT2D eigenvalue weighted by molar-refractivity contribution is 5.54. The molecule has 0 unspecified atom stereocenters. The molecule has 0 aliphatic carbocycles. The molecule has 24 heavy (non-hydrogen) atoms. The molecule has 1 aliphatic rings. The minimum atomic E-state index is 0.320. The number of benzene rings is 1. The van der Waals surface area contributed by atoms with E-state index < -0.39 is 0 Å². The number of hydrogen-bond donors (Lipinski definition) is 2. The van der Waals surface area contributed by atoms with Crippen LogP contribution in [0.2, 0.25) is 0 Å². The van der Waals surface area contributed by atoms with Crippen molar-refractivity contribution in [3.05, 3.63) is 23.8 Å². The van der Waals surface area contributed by atoms with Crippen LogP contribution in [0.3, 0.4) is 0 Å². The van der Waals surface area contributed by atoms with Gasteiger partial charge in [-0.15, -0.1) is 0 Å². The topological polar surface area (TPSA) is 38.7 Å². The van der Waals surface area contributed by atoms with Crippen molar-refractivity contribution in [1.82, 2.24) is 10.2 Å².